The molecule has 1 saturated carbocycles. The molecule has 0 saturated heterocycles. The fourth-order valence-electron chi connectivity index (χ4n) is 2.51. The maximum absolute atomic E-state index is 12.7. The Bertz CT molecular complexity index is 436. The molecule has 0 unspecified atom stereocenters. The van der Waals surface area contributed by atoms with E-state index in [1.54, 1.807) is 0 Å². The van der Waals surface area contributed by atoms with Gasteiger partial charge in [-0.25, -0.2) is 0 Å². The smallest absolute Gasteiger partial charge is 0.309 e. The first-order valence-corrected chi connectivity index (χ1v) is 8.12. The number of rotatable bonds is 6. The standard InChI is InChI=1S/C14H21O3P/c1-4-16-18(15,17-5-2)13-11-14(13,3)12-9-7-6-8-10-12/h6-10,13H,4-5,11H2,1-3H3/t13-,14+/m1/s1. The molecule has 1 aromatic carbocycles. The lowest BCUT2D eigenvalue weighted by atomic mass is 9.99. The van der Waals surface area contributed by atoms with Gasteiger partial charge in [-0.2, -0.15) is 0 Å². The van der Waals surface area contributed by atoms with E-state index in [4.69, 9.17) is 9.05 Å². The molecule has 18 heavy (non-hydrogen) atoms. The summed E-state index contributed by atoms with van der Waals surface area (Å²) in [6.45, 7) is 6.71. The second-order valence-electron chi connectivity index (χ2n) is 4.88. The van der Waals surface area contributed by atoms with Gasteiger partial charge in [0.1, 0.15) is 0 Å². The highest BCUT2D eigenvalue weighted by atomic mass is 31.2. The van der Waals surface area contributed by atoms with Crippen LogP contribution in [-0.2, 0) is 19.0 Å². The maximum Gasteiger partial charge on any atom is 0.334 e. The third-order valence-electron chi connectivity index (χ3n) is 3.63. The molecule has 0 N–H and O–H groups in total. The van der Waals surface area contributed by atoms with Crippen molar-refractivity contribution in [1.29, 1.82) is 0 Å². The van der Waals surface area contributed by atoms with Gasteiger partial charge in [-0.3, -0.25) is 4.57 Å². The van der Waals surface area contributed by atoms with Gasteiger partial charge in [-0.1, -0.05) is 37.3 Å². The van der Waals surface area contributed by atoms with E-state index in [-0.39, 0.29) is 11.1 Å². The highest BCUT2D eigenvalue weighted by Crippen LogP contribution is 2.71. The normalized spacial score (nSPS) is 27.2. The summed E-state index contributed by atoms with van der Waals surface area (Å²) in [5.74, 6) is 0. The summed E-state index contributed by atoms with van der Waals surface area (Å²) in [4.78, 5) is 0. The molecule has 2 atom stereocenters. The summed E-state index contributed by atoms with van der Waals surface area (Å²) >= 11 is 0. The molecule has 1 fully saturated rings. The van der Waals surface area contributed by atoms with Crippen LogP contribution in [0.1, 0.15) is 32.8 Å². The summed E-state index contributed by atoms with van der Waals surface area (Å²) in [6.07, 6.45) is 0.869. The van der Waals surface area contributed by atoms with Gasteiger partial charge in [0.2, 0.25) is 0 Å². The van der Waals surface area contributed by atoms with Gasteiger partial charge in [-0.15, -0.1) is 0 Å². The van der Waals surface area contributed by atoms with Crippen LogP contribution in [0, 0.1) is 0 Å². The third-order valence-corrected chi connectivity index (χ3v) is 6.38. The van der Waals surface area contributed by atoms with Gasteiger partial charge in [0.05, 0.1) is 18.9 Å². The molecule has 0 amide bonds. The highest BCUT2D eigenvalue weighted by molar-refractivity contribution is 7.55. The summed E-state index contributed by atoms with van der Waals surface area (Å²) in [7, 11) is -2.97. The van der Waals surface area contributed by atoms with Gasteiger partial charge in [-0.05, 0) is 25.8 Å². The van der Waals surface area contributed by atoms with Crippen molar-refractivity contribution in [3.8, 4) is 0 Å². The molecule has 1 aromatic rings. The Labute approximate surface area is 109 Å². The van der Waals surface area contributed by atoms with Crippen molar-refractivity contribution in [2.24, 2.45) is 0 Å². The third kappa shape index (κ3) is 2.40. The van der Waals surface area contributed by atoms with Crippen LogP contribution >= 0.6 is 7.60 Å². The van der Waals surface area contributed by atoms with E-state index in [2.05, 4.69) is 19.1 Å². The Balaban J connectivity index is 2.20. The van der Waals surface area contributed by atoms with Crippen LogP contribution in [0.15, 0.2) is 30.3 Å². The zero-order valence-electron chi connectivity index (χ0n) is 11.3. The lowest BCUT2D eigenvalue weighted by molar-refractivity contribution is 0.217. The maximum atomic E-state index is 12.7. The molecule has 2 rings (SSSR count). The predicted octanol–water partition coefficient (Wildman–Crippen LogP) is 3.98. The SMILES string of the molecule is CCOP(=O)(OCC)[C@@H]1C[C@@]1(C)c1ccccc1. The summed E-state index contributed by atoms with van der Waals surface area (Å²) in [6, 6.07) is 10.2. The summed E-state index contributed by atoms with van der Waals surface area (Å²) in [5.41, 5.74) is 1.14. The van der Waals surface area contributed by atoms with E-state index in [1.165, 1.54) is 5.56 Å². The molecule has 3 nitrogen and oxygen atoms in total. The van der Waals surface area contributed by atoms with Crippen molar-refractivity contribution < 1.29 is 13.6 Å². The molecule has 0 heterocycles. The van der Waals surface area contributed by atoms with Gasteiger partial charge >= 0.3 is 7.60 Å². The summed E-state index contributed by atoms with van der Waals surface area (Å²) < 4.78 is 23.6. The minimum atomic E-state index is -2.97. The second kappa shape index (κ2) is 5.16. The molecule has 100 valence electrons. The zero-order chi connectivity index (χ0) is 13.2. The zero-order valence-corrected chi connectivity index (χ0v) is 12.2. The molecule has 0 aliphatic heterocycles. The monoisotopic (exact) mass is 268 g/mol. The molecule has 0 aromatic heterocycles. The fourth-order valence-corrected chi connectivity index (χ4v) is 5.11. The van der Waals surface area contributed by atoms with Crippen molar-refractivity contribution in [2.75, 3.05) is 13.2 Å². The van der Waals surface area contributed by atoms with Crippen molar-refractivity contribution in [1.82, 2.24) is 0 Å². The van der Waals surface area contributed by atoms with Crippen LogP contribution in [0.3, 0.4) is 0 Å². The van der Waals surface area contributed by atoms with Gasteiger partial charge in [0, 0.05) is 5.41 Å². The van der Waals surface area contributed by atoms with Crippen LogP contribution < -0.4 is 0 Å². The molecule has 0 radical (unpaired) electrons. The van der Waals surface area contributed by atoms with Crippen LogP contribution in [0.2, 0.25) is 0 Å². The highest BCUT2D eigenvalue weighted by Gasteiger charge is 2.62. The number of benzene rings is 1. The van der Waals surface area contributed by atoms with Crippen LogP contribution in [0.25, 0.3) is 0 Å². The first-order chi connectivity index (χ1) is 8.57. The van der Waals surface area contributed by atoms with Crippen LogP contribution in [0.4, 0.5) is 0 Å². The minimum absolute atomic E-state index is 0.00713. The molecule has 0 bridgehead atoms. The first kappa shape index (κ1) is 13.8. The van der Waals surface area contributed by atoms with Crippen LogP contribution in [-0.4, -0.2) is 18.9 Å². The lowest BCUT2D eigenvalue weighted by Crippen LogP contribution is -2.11. The summed E-state index contributed by atoms with van der Waals surface area (Å²) in [5, 5.41) is 0. The molecule has 1 aliphatic carbocycles. The van der Waals surface area contributed by atoms with Gasteiger partial charge in [0.15, 0.2) is 0 Å². The fraction of sp³-hybridized carbons (Fsp3) is 0.571. The molecular weight excluding hydrogens is 247 g/mol. The first-order valence-electron chi connectivity index (χ1n) is 6.51. The van der Waals surface area contributed by atoms with Crippen molar-refractivity contribution in [3.05, 3.63) is 35.9 Å². The van der Waals surface area contributed by atoms with E-state index in [0.717, 1.165) is 6.42 Å². The van der Waals surface area contributed by atoms with Gasteiger partial charge in [0.25, 0.3) is 0 Å². The molecule has 4 heteroatoms. The Morgan fingerprint density at radius 2 is 1.78 bits per heavy atom. The average Bonchev–Trinajstić information content (AvgIpc) is 3.06. The molecule has 1 aliphatic rings. The van der Waals surface area contributed by atoms with E-state index in [9.17, 15) is 4.57 Å². The number of hydrogen-bond donors (Lipinski definition) is 0. The average molecular weight is 268 g/mol. The Morgan fingerprint density at radius 3 is 2.28 bits per heavy atom. The van der Waals surface area contributed by atoms with E-state index < -0.39 is 7.60 Å². The largest absolute Gasteiger partial charge is 0.334 e. The Morgan fingerprint density at radius 1 is 1.22 bits per heavy atom. The van der Waals surface area contributed by atoms with Crippen molar-refractivity contribution in [2.45, 2.75) is 38.3 Å². The minimum Gasteiger partial charge on any atom is -0.309 e. The van der Waals surface area contributed by atoms with Crippen LogP contribution in [0.5, 0.6) is 0 Å². The number of hydrogen-bond acceptors (Lipinski definition) is 3. The quantitative estimate of drug-likeness (QED) is 0.732. The lowest BCUT2D eigenvalue weighted by Gasteiger charge is -2.20. The molecule has 0 spiro atoms. The second-order valence-corrected chi connectivity index (χ2v) is 7.10. The van der Waals surface area contributed by atoms with E-state index in [0.29, 0.717) is 13.2 Å². The Hall–Kier alpha value is -0.630. The van der Waals surface area contributed by atoms with Crippen molar-refractivity contribution >= 4 is 7.60 Å². The van der Waals surface area contributed by atoms with E-state index in [1.807, 2.05) is 32.0 Å². The molecular formula is C14H21O3P. The Kier molecular flexibility index (Phi) is 3.96. The topological polar surface area (TPSA) is 35.5 Å². The van der Waals surface area contributed by atoms with Crippen molar-refractivity contribution in [3.63, 3.8) is 0 Å². The predicted molar refractivity (Wildman–Crippen MR) is 73.1 cm³/mol. The van der Waals surface area contributed by atoms with E-state index >= 15 is 0 Å². The van der Waals surface area contributed by atoms with Gasteiger partial charge < -0.3 is 9.05 Å².